The lowest BCUT2D eigenvalue weighted by Crippen LogP contribution is -2.28. The number of fused-ring (bicyclic) bond motifs is 3. The van der Waals surface area contributed by atoms with Crippen molar-refractivity contribution in [2.75, 3.05) is 5.32 Å². The number of aldehydes is 1. The lowest BCUT2D eigenvalue weighted by molar-refractivity contribution is -0.123. The molecule has 5 nitrogen and oxygen atoms in total. The number of amides is 1. The minimum Gasteiger partial charge on any atom is -0.328 e. The van der Waals surface area contributed by atoms with Crippen molar-refractivity contribution in [1.82, 2.24) is 9.55 Å². The molecule has 0 aliphatic carbocycles. The van der Waals surface area contributed by atoms with E-state index >= 15 is 0 Å². The summed E-state index contributed by atoms with van der Waals surface area (Å²) >= 11 is 0. The van der Waals surface area contributed by atoms with E-state index in [1.807, 2.05) is 56.7 Å². The van der Waals surface area contributed by atoms with Gasteiger partial charge in [0.1, 0.15) is 5.65 Å². The van der Waals surface area contributed by atoms with Crippen molar-refractivity contribution < 1.29 is 9.59 Å². The zero-order valence-corrected chi connectivity index (χ0v) is 13.7. The number of pyridine rings is 1. The van der Waals surface area contributed by atoms with Gasteiger partial charge < -0.3 is 9.88 Å². The van der Waals surface area contributed by atoms with Crippen LogP contribution in [0.15, 0.2) is 30.5 Å². The average molecular weight is 309 g/mol. The highest BCUT2D eigenvalue weighted by Crippen LogP contribution is 2.32. The van der Waals surface area contributed by atoms with Crippen LogP contribution in [0.3, 0.4) is 0 Å². The van der Waals surface area contributed by atoms with Crippen LogP contribution >= 0.6 is 0 Å². The number of benzene rings is 1. The first kappa shape index (κ1) is 15.2. The predicted octanol–water partition coefficient (Wildman–Crippen LogP) is 3.52. The van der Waals surface area contributed by atoms with Gasteiger partial charge in [-0.3, -0.25) is 9.59 Å². The van der Waals surface area contributed by atoms with Crippen molar-refractivity contribution in [1.29, 1.82) is 0 Å². The van der Waals surface area contributed by atoms with E-state index in [1.54, 1.807) is 6.20 Å². The standard InChI is InChI=1S/C18H19N3O2/c1-18(2,3)17(23)20-13-9-19-16-15(12(13)10-22)11-7-5-6-8-14(11)21(16)4/h5-10H,1-4H3,(H,20,23). The van der Waals surface area contributed by atoms with Crippen LogP contribution in [0, 0.1) is 5.41 Å². The molecule has 0 aliphatic heterocycles. The molecule has 0 saturated carbocycles. The molecule has 0 atom stereocenters. The molecule has 0 spiro atoms. The number of nitrogens with one attached hydrogen (secondary N) is 1. The Hall–Kier alpha value is -2.69. The third-order valence-corrected chi connectivity index (χ3v) is 4.00. The number of carbonyl (C=O) groups is 2. The van der Waals surface area contributed by atoms with Gasteiger partial charge in [-0.2, -0.15) is 0 Å². The number of para-hydroxylation sites is 1. The maximum absolute atomic E-state index is 12.2. The minimum atomic E-state index is -0.548. The Balaban J connectivity index is 2.28. The molecule has 3 rings (SSSR count). The first-order valence-electron chi connectivity index (χ1n) is 7.47. The van der Waals surface area contributed by atoms with Gasteiger partial charge in [-0.1, -0.05) is 39.0 Å². The lowest BCUT2D eigenvalue weighted by Gasteiger charge is -2.18. The van der Waals surface area contributed by atoms with Crippen LogP contribution in [-0.2, 0) is 11.8 Å². The number of hydrogen-bond acceptors (Lipinski definition) is 3. The molecule has 1 amide bonds. The van der Waals surface area contributed by atoms with Crippen LogP contribution in [0.4, 0.5) is 5.69 Å². The van der Waals surface area contributed by atoms with Crippen LogP contribution in [-0.4, -0.2) is 21.7 Å². The summed E-state index contributed by atoms with van der Waals surface area (Å²) < 4.78 is 1.95. The molecule has 0 fully saturated rings. The average Bonchev–Trinajstić information content (AvgIpc) is 2.80. The Morgan fingerprint density at radius 2 is 1.96 bits per heavy atom. The Morgan fingerprint density at radius 1 is 1.26 bits per heavy atom. The van der Waals surface area contributed by atoms with E-state index in [0.717, 1.165) is 28.2 Å². The Morgan fingerprint density at radius 3 is 2.61 bits per heavy atom. The zero-order chi connectivity index (χ0) is 16.8. The normalized spacial score (nSPS) is 11.8. The second-order valence-electron chi connectivity index (χ2n) is 6.68. The molecule has 0 bridgehead atoms. The summed E-state index contributed by atoms with van der Waals surface area (Å²) in [7, 11) is 1.92. The molecule has 1 N–H and O–H groups in total. The van der Waals surface area contributed by atoms with Crippen LogP contribution in [0.5, 0.6) is 0 Å². The summed E-state index contributed by atoms with van der Waals surface area (Å²) in [6, 6.07) is 7.82. The Bertz CT molecular complexity index is 933. The maximum atomic E-state index is 12.2. The molecular weight excluding hydrogens is 290 g/mol. The van der Waals surface area contributed by atoms with E-state index in [0.29, 0.717) is 11.3 Å². The Labute approximate surface area is 134 Å². The highest BCUT2D eigenvalue weighted by molar-refractivity contribution is 6.16. The third kappa shape index (κ3) is 2.38. The maximum Gasteiger partial charge on any atom is 0.229 e. The van der Waals surface area contributed by atoms with Gasteiger partial charge in [-0.15, -0.1) is 0 Å². The molecule has 0 saturated heterocycles. The van der Waals surface area contributed by atoms with Crippen molar-refractivity contribution in [3.63, 3.8) is 0 Å². The van der Waals surface area contributed by atoms with E-state index in [9.17, 15) is 9.59 Å². The molecule has 0 radical (unpaired) electrons. The molecule has 1 aromatic carbocycles. The summed E-state index contributed by atoms with van der Waals surface area (Å²) in [6.45, 7) is 5.48. The number of rotatable bonds is 2. The molecule has 3 aromatic rings. The third-order valence-electron chi connectivity index (χ3n) is 4.00. The van der Waals surface area contributed by atoms with E-state index in [-0.39, 0.29) is 5.91 Å². The molecule has 2 aromatic heterocycles. The topological polar surface area (TPSA) is 64.0 Å². The van der Waals surface area contributed by atoms with Gasteiger partial charge in [0.05, 0.1) is 23.0 Å². The van der Waals surface area contributed by atoms with Gasteiger partial charge in [0.15, 0.2) is 6.29 Å². The zero-order valence-electron chi connectivity index (χ0n) is 13.7. The number of anilines is 1. The van der Waals surface area contributed by atoms with Crippen molar-refractivity contribution in [2.45, 2.75) is 20.8 Å². The summed E-state index contributed by atoms with van der Waals surface area (Å²) in [6.07, 6.45) is 2.34. The van der Waals surface area contributed by atoms with Gasteiger partial charge in [-0.25, -0.2) is 4.98 Å². The number of aryl methyl sites for hydroxylation is 1. The van der Waals surface area contributed by atoms with Crippen molar-refractivity contribution in [3.8, 4) is 0 Å². The molecule has 23 heavy (non-hydrogen) atoms. The number of carbonyl (C=O) groups excluding carboxylic acids is 2. The molecular formula is C18H19N3O2. The smallest absolute Gasteiger partial charge is 0.229 e. The first-order chi connectivity index (χ1) is 10.8. The number of nitrogens with zero attached hydrogens (tertiary/aromatic N) is 2. The Kier molecular flexibility index (Phi) is 3.43. The van der Waals surface area contributed by atoms with Crippen molar-refractivity contribution in [3.05, 3.63) is 36.0 Å². The summed E-state index contributed by atoms with van der Waals surface area (Å²) in [5, 5.41) is 4.54. The van der Waals surface area contributed by atoms with E-state index in [2.05, 4.69) is 10.3 Å². The highest BCUT2D eigenvalue weighted by Gasteiger charge is 2.23. The second kappa shape index (κ2) is 5.19. The van der Waals surface area contributed by atoms with Crippen LogP contribution in [0.25, 0.3) is 21.9 Å². The quantitative estimate of drug-likeness (QED) is 0.737. The van der Waals surface area contributed by atoms with Crippen LogP contribution in [0.2, 0.25) is 0 Å². The summed E-state index contributed by atoms with van der Waals surface area (Å²) in [5.41, 5.74) is 2.08. The largest absolute Gasteiger partial charge is 0.328 e. The molecule has 0 aliphatic rings. The van der Waals surface area contributed by atoms with Gasteiger partial charge >= 0.3 is 0 Å². The van der Waals surface area contributed by atoms with Gasteiger partial charge in [-0.05, 0) is 6.07 Å². The monoisotopic (exact) mass is 309 g/mol. The SMILES string of the molecule is Cn1c2ccccc2c2c(C=O)c(NC(=O)C(C)(C)C)cnc21. The predicted molar refractivity (Wildman–Crippen MR) is 91.7 cm³/mol. The lowest BCUT2D eigenvalue weighted by atomic mass is 9.95. The van der Waals surface area contributed by atoms with E-state index in [4.69, 9.17) is 0 Å². The van der Waals surface area contributed by atoms with Crippen molar-refractivity contribution in [2.24, 2.45) is 12.5 Å². The molecule has 5 heteroatoms. The molecule has 2 heterocycles. The summed E-state index contributed by atoms with van der Waals surface area (Å²) in [5.74, 6) is -0.151. The molecule has 118 valence electrons. The van der Waals surface area contributed by atoms with E-state index < -0.39 is 5.41 Å². The number of hydrogen-bond donors (Lipinski definition) is 1. The number of aromatic nitrogens is 2. The van der Waals surface area contributed by atoms with Gasteiger partial charge in [0.2, 0.25) is 5.91 Å². The van der Waals surface area contributed by atoms with E-state index in [1.165, 1.54) is 0 Å². The molecule has 0 unspecified atom stereocenters. The van der Waals surface area contributed by atoms with Crippen LogP contribution < -0.4 is 5.32 Å². The van der Waals surface area contributed by atoms with Gasteiger partial charge in [0, 0.05) is 23.2 Å². The minimum absolute atomic E-state index is 0.151. The van der Waals surface area contributed by atoms with Crippen LogP contribution in [0.1, 0.15) is 31.1 Å². The van der Waals surface area contributed by atoms with Crippen molar-refractivity contribution >= 4 is 39.8 Å². The fraction of sp³-hybridized carbons (Fsp3) is 0.278. The fourth-order valence-corrected chi connectivity index (χ4v) is 2.66. The van der Waals surface area contributed by atoms with Gasteiger partial charge in [0.25, 0.3) is 0 Å². The fourth-order valence-electron chi connectivity index (χ4n) is 2.66. The summed E-state index contributed by atoms with van der Waals surface area (Å²) in [4.78, 5) is 28.4. The first-order valence-corrected chi connectivity index (χ1v) is 7.47. The second-order valence-corrected chi connectivity index (χ2v) is 6.68. The highest BCUT2D eigenvalue weighted by atomic mass is 16.2.